The van der Waals surface area contributed by atoms with Crippen LogP contribution in [0.2, 0.25) is 0 Å². The van der Waals surface area contributed by atoms with Crippen LogP contribution in [0.3, 0.4) is 0 Å². The molecule has 0 fully saturated rings. The van der Waals surface area contributed by atoms with E-state index in [0.29, 0.717) is 11.3 Å². The van der Waals surface area contributed by atoms with E-state index in [2.05, 4.69) is 22.6 Å². The Hall–Kier alpha value is -1.41. The van der Waals surface area contributed by atoms with Gasteiger partial charge in [-0.3, -0.25) is 4.79 Å². The summed E-state index contributed by atoms with van der Waals surface area (Å²) in [7, 11) is -1.56. The number of nitrogens with zero attached hydrogens (tertiary/aromatic N) is 1. The number of hydrogen-bond acceptors (Lipinski definition) is 3. The molecular formula is C15H14INO3S. The maximum absolute atomic E-state index is 12.3. The summed E-state index contributed by atoms with van der Waals surface area (Å²) in [6.45, 7) is 0. The van der Waals surface area contributed by atoms with E-state index in [-0.39, 0.29) is 10.8 Å². The largest absolute Gasteiger partial charge is 0.311 e. The summed E-state index contributed by atoms with van der Waals surface area (Å²) in [6, 6.07) is 13.5. The monoisotopic (exact) mass is 415 g/mol. The molecule has 0 radical (unpaired) electrons. The quantitative estimate of drug-likeness (QED) is 0.725. The van der Waals surface area contributed by atoms with Gasteiger partial charge in [0.2, 0.25) is 0 Å². The summed E-state index contributed by atoms with van der Waals surface area (Å²) in [5.74, 6) is -0.140. The molecule has 0 N–H and O–H groups in total. The van der Waals surface area contributed by atoms with Crippen LogP contribution >= 0.6 is 22.6 Å². The third-order valence-corrected chi connectivity index (χ3v) is 4.90. The Labute approximate surface area is 137 Å². The molecule has 4 nitrogen and oxygen atoms in total. The molecule has 0 bridgehead atoms. The molecule has 2 rings (SSSR count). The molecule has 0 heterocycles. The molecule has 0 unspecified atom stereocenters. The van der Waals surface area contributed by atoms with E-state index >= 15 is 0 Å². The van der Waals surface area contributed by atoms with Crippen LogP contribution in [0.5, 0.6) is 0 Å². The Morgan fingerprint density at radius 3 is 2.00 bits per heavy atom. The molecular weight excluding hydrogens is 401 g/mol. The molecule has 0 atom stereocenters. The zero-order valence-electron chi connectivity index (χ0n) is 11.6. The fraction of sp³-hybridized carbons (Fsp3) is 0.133. The first-order valence-electron chi connectivity index (χ1n) is 6.13. The minimum Gasteiger partial charge on any atom is -0.311 e. The predicted octanol–water partition coefficient (Wildman–Crippen LogP) is 2.97. The highest BCUT2D eigenvalue weighted by Gasteiger charge is 2.14. The van der Waals surface area contributed by atoms with Crippen molar-refractivity contribution in [2.75, 3.05) is 18.2 Å². The lowest BCUT2D eigenvalue weighted by atomic mass is 10.2. The van der Waals surface area contributed by atoms with E-state index in [1.165, 1.54) is 17.0 Å². The predicted molar refractivity (Wildman–Crippen MR) is 91.4 cm³/mol. The second-order valence-corrected chi connectivity index (χ2v) is 7.90. The van der Waals surface area contributed by atoms with Gasteiger partial charge in [0.25, 0.3) is 5.91 Å². The molecule has 2 aromatic carbocycles. The first kappa shape index (κ1) is 16.0. The Morgan fingerprint density at radius 2 is 1.52 bits per heavy atom. The second kappa shape index (κ2) is 6.15. The lowest BCUT2D eigenvalue weighted by Crippen LogP contribution is -2.26. The first-order valence-corrected chi connectivity index (χ1v) is 9.10. The summed E-state index contributed by atoms with van der Waals surface area (Å²) < 4.78 is 23.9. The van der Waals surface area contributed by atoms with Gasteiger partial charge in [-0.25, -0.2) is 8.42 Å². The maximum Gasteiger partial charge on any atom is 0.258 e. The molecule has 1 amide bonds. The zero-order chi connectivity index (χ0) is 15.6. The maximum atomic E-state index is 12.3. The number of sulfone groups is 1. The minimum atomic E-state index is -3.23. The second-order valence-electron chi connectivity index (χ2n) is 4.64. The van der Waals surface area contributed by atoms with Gasteiger partial charge in [-0.15, -0.1) is 0 Å². The number of benzene rings is 2. The fourth-order valence-corrected chi connectivity index (χ4v) is 2.81. The van der Waals surface area contributed by atoms with Gasteiger partial charge in [-0.2, -0.15) is 0 Å². The van der Waals surface area contributed by atoms with E-state index in [0.717, 1.165) is 9.83 Å². The van der Waals surface area contributed by atoms with E-state index < -0.39 is 9.84 Å². The van der Waals surface area contributed by atoms with Crippen LogP contribution in [0.25, 0.3) is 0 Å². The summed E-state index contributed by atoms with van der Waals surface area (Å²) in [5, 5.41) is 0. The van der Waals surface area contributed by atoms with Crippen molar-refractivity contribution in [3.8, 4) is 0 Å². The van der Waals surface area contributed by atoms with E-state index in [1.54, 1.807) is 31.3 Å². The number of carbonyl (C=O) groups excluding carboxylic acids is 1. The number of anilines is 1. The number of halogens is 1. The van der Waals surface area contributed by atoms with Crippen molar-refractivity contribution in [1.82, 2.24) is 0 Å². The SMILES string of the molecule is CN(C(=O)c1ccc(I)cc1)c1ccc(S(C)(=O)=O)cc1. The van der Waals surface area contributed by atoms with Gasteiger partial charge in [-0.1, -0.05) is 0 Å². The molecule has 0 saturated heterocycles. The van der Waals surface area contributed by atoms with Crippen LogP contribution in [0, 0.1) is 3.57 Å². The van der Waals surface area contributed by atoms with Gasteiger partial charge in [0.15, 0.2) is 9.84 Å². The minimum absolute atomic E-state index is 0.140. The number of rotatable bonds is 3. The first-order chi connectivity index (χ1) is 9.79. The van der Waals surface area contributed by atoms with Crippen molar-refractivity contribution in [2.45, 2.75) is 4.90 Å². The lowest BCUT2D eigenvalue weighted by molar-refractivity contribution is 0.0993. The molecule has 0 saturated carbocycles. The highest BCUT2D eigenvalue weighted by Crippen LogP contribution is 2.19. The standard InChI is InChI=1S/C15H14INO3S/c1-17(15(18)11-3-5-12(16)6-4-11)13-7-9-14(10-8-13)21(2,19)20/h3-10H,1-2H3. The third-order valence-electron chi connectivity index (χ3n) is 3.05. The molecule has 0 aromatic heterocycles. The summed E-state index contributed by atoms with van der Waals surface area (Å²) in [4.78, 5) is 14.1. The van der Waals surface area contributed by atoms with Crippen molar-refractivity contribution in [3.05, 3.63) is 57.7 Å². The van der Waals surface area contributed by atoms with Crippen LogP contribution in [0.4, 0.5) is 5.69 Å². The molecule has 0 aliphatic heterocycles. The zero-order valence-corrected chi connectivity index (χ0v) is 14.6. The van der Waals surface area contributed by atoms with Crippen molar-refractivity contribution in [1.29, 1.82) is 0 Å². The van der Waals surface area contributed by atoms with Gasteiger partial charge in [0.1, 0.15) is 0 Å². The van der Waals surface area contributed by atoms with Gasteiger partial charge in [0.05, 0.1) is 4.90 Å². The summed E-state index contributed by atoms with van der Waals surface area (Å²) in [5.41, 5.74) is 1.23. The van der Waals surface area contributed by atoms with Crippen molar-refractivity contribution in [2.24, 2.45) is 0 Å². The van der Waals surface area contributed by atoms with Gasteiger partial charge < -0.3 is 4.90 Å². The number of carbonyl (C=O) groups is 1. The lowest BCUT2D eigenvalue weighted by Gasteiger charge is -2.17. The Bertz CT molecular complexity index is 753. The molecule has 110 valence electrons. The average molecular weight is 415 g/mol. The van der Waals surface area contributed by atoms with Crippen LogP contribution in [-0.2, 0) is 9.84 Å². The average Bonchev–Trinajstić information content (AvgIpc) is 2.46. The fourth-order valence-electron chi connectivity index (χ4n) is 1.82. The van der Waals surface area contributed by atoms with E-state index in [1.807, 2.05) is 12.1 Å². The van der Waals surface area contributed by atoms with Crippen LogP contribution < -0.4 is 4.90 Å². The van der Waals surface area contributed by atoms with Crippen LogP contribution in [0.1, 0.15) is 10.4 Å². The van der Waals surface area contributed by atoms with Crippen molar-refractivity contribution >= 4 is 44.0 Å². The van der Waals surface area contributed by atoms with Crippen LogP contribution in [0.15, 0.2) is 53.4 Å². The van der Waals surface area contributed by atoms with Gasteiger partial charge in [0, 0.05) is 28.1 Å². The summed E-state index contributed by atoms with van der Waals surface area (Å²) >= 11 is 2.18. The molecule has 6 heteroatoms. The molecule has 0 aliphatic carbocycles. The smallest absolute Gasteiger partial charge is 0.258 e. The van der Waals surface area contributed by atoms with Crippen LogP contribution in [-0.4, -0.2) is 27.6 Å². The van der Waals surface area contributed by atoms with Crippen molar-refractivity contribution < 1.29 is 13.2 Å². The highest BCUT2D eigenvalue weighted by atomic mass is 127. The molecule has 0 aliphatic rings. The Morgan fingerprint density at radius 1 is 1.00 bits per heavy atom. The molecule has 2 aromatic rings. The van der Waals surface area contributed by atoms with Gasteiger partial charge in [-0.05, 0) is 71.1 Å². The molecule has 21 heavy (non-hydrogen) atoms. The molecule has 0 spiro atoms. The van der Waals surface area contributed by atoms with Gasteiger partial charge >= 0.3 is 0 Å². The number of hydrogen-bond donors (Lipinski definition) is 0. The van der Waals surface area contributed by atoms with E-state index in [4.69, 9.17) is 0 Å². The number of amides is 1. The van der Waals surface area contributed by atoms with Crippen molar-refractivity contribution in [3.63, 3.8) is 0 Å². The Kier molecular flexibility index (Phi) is 4.67. The van der Waals surface area contributed by atoms with E-state index in [9.17, 15) is 13.2 Å². The summed E-state index contributed by atoms with van der Waals surface area (Å²) in [6.07, 6.45) is 1.16. The normalized spacial score (nSPS) is 11.2. The Balaban J connectivity index is 2.25. The topological polar surface area (TPSA) is 54.5 Å². The highest BCUT2D eigenvalue weighted by molar-refractivity contribution is 14.1. The third kappa shape index (κ3) is 3.82.